The van der Waals surface area contributed by atoms with Gasteiger partial charge in [-0.2, -0.15) is 5.10 Å². The van der Waals surface area contributed by atoms with E-state index in [1.54, 1.807) is 0 Å². The maximum atomic E-state index is 14.6. The Kier molecular flexibility index (Phi) is 5.29. The molecule has 1 amide bonds. The van der Waals surface area contributed by atoms with Gasteiger partial charge in [0.2, 0.25) is 10.0 Å². The lowest BCUT2D eigenvalue weighted by Gasteiger charge is -2.31. The second kappa shape index (κ2) is 7.22. The minimum Gasteiger partial charge on any atom is -0.268 e. The predicted octanol–water partition coefficient (Wildman–Crippen LogP) is 3.56. The molecule has 0 bridgehead atoms. The summed E-state index contributed by atoms with van der Waals surface area (Å²) in [5.74, 6) is -0.343. The molecule has 1 saturated carbocycles. The molecule has 1 heterocycles. The minimum atomic E-state index is -3.76. The molecule has 1 aromatic carbocycles. The molecule has 0 atom stereocenters. The molecule has 0 aliphatic heterocycles. The van der Waals surface area contributed by atoms with Gasteiger partial charge in [-0.05, 0) is 50.5 Å². The summed E-state index contributed by atoms with van der Waals surface area (Å²) in [6.45, 7) is 6.31. The average Bonchev–Trinajstić information content (AvgIpc) is 2.88. The molecule has 148 valence electrons. The maximum Gasteiger partial charge on any atom is 0.267 e. The lowest BCUT2D eigenvalue weighted by molar-refractivity contribution is 0.0978. The largest absolute Gasteiger partial charge is 0.268 e. The molecule has 27 heavy (non-hydrogen) atoms. The van der Waals surface area contributed by atoms with Crippen LogP contribution in [0.5, 0.6) is 0 Å². The molecular formula is C19H26FN3O3S. The van der Waals surface area contributed by atoms with Gasteiger partial charge >= 0.3 is 0 Å². The highest BCUT2D eigenvalue weighted by Crippen LogP contribution is 2.37. The van der Waals surface area contributed by atoms with Gasteiger partial charge in [0.15, 0.2) is 0 Å². The highest BCUT2D eigenvalue weighted by molar-refractivity contribution is 7.89. The maximum absolute atomic E-state index is 14.6. The van der Waals surface area contributed by atoms with Crippen molar-refractivity contribution in [1.29, 1.82) is 0 Å². The Hall–Kier alpha value is -1.96. The van der Waals surface area contributed by atoms with Crippen molar-refractivity contribution < 1.29 is 17.6 Å². The topological polar surface area (TPSA) is 81.1 Å². The Morgan fingerprint density at radius 1 is 1.26 bits per heavy atom. The van der Waals surface area contributed by atoms with Crippen LogP contribution in [0.3, 0.4) is 0 Å². The fourth-order valence-electron chi connectivity index (χ4n) is 4.00. The standard InChI is InChI=1S/C19H26FN3O3S/c1-11(2)13-5-7-14(8-6-13)23-18-10-17(20)16(9-15(18)12(3)21-23)19(24)22-27(4,25)26/h9-11,13-14H,5-8H2,1-4H3,(H,22,24). The smallest absolute Gasteiger partial charge is 0.267 e. The van der Waals surface area contributed by atoms with Gasteiger partial charge in [-0.1, -0.05) is 13.8 Å². The third-order valence-electron chi connectivity index (χ3n) is 5.53. The second-order valence-electron chi connectivity index (χ2n) is 7.90. The number of sulfonamides is 1. The van der Waals surface area contributed by atoms with Gasteiger partial charge in [0.25, 0.3) is 5.91 Å². The third-order valence-corrected chi connectivity index (χ3v) is 6.09. The van der Waals surface area contributed by atoms with Crippen molar-refractivity contribution >= 4 is 26.8 Å². The van der Waals surface area contributed by atoms with Crippen molar-refractivity contribution in [3.63, 3.8) is 0 Å². The summed E-state index contributed by atoms with van der Waals surface area (Å²) in [4.78, 5) is 12.1. The molecule has 3 rings (SSSR count). The van der Waals surface area contributed by atoms with E-state index in [-0.39, 0.29) is 11.6 Å². The summed E-state index contributed by atoms with van der Waals surface area (Å²) in [6.07, 6.45) is 5.10. The summed E-state index contributed by atoms with van der Waals surface area (Å²) in [7, 11) is -3.76. The Bertz CT molecular complexity index is 974. The Balaban J connectivity index is 1.94. The quantitative estimate of drug-likeness (QED) is 0.858. The van der Waals surface area contributed by atoms with Crippen molar-refractivity contribution in [2.45, 2.75) is 52.5 Å². The fourth-order valence-corrected chi connectivity index (χ4v) is 4.45. The number of hydrogen-bond donors (Lipinski definition) is 1. The van der Waals surface area contributed by atoms with Crippen LogP contribution in [0.15, 0.2) is 12.1 Å². The molecule has 1 N–H and O–H groups in total. The van der Waals surface area contributed by atoms with Crippen molar-refractivity contribution in [1.82, 2.24) is 14.5 Å². The van der Waals surface area contributed by atoms with Gasteiger partial charge in [0.05, 0.1) is 29.1 Å². The Labute approximate surface area is 159 Å². The number of fused-ring (bicyclic) bond motifs is 1. The zero-order valence-electron chi connectivity index (χ0n) is 16.1. The first-order valence-electron chi connectivity index (χ1n) is 9.27. The van der Waals surface area contributed by atoms with Gasteiger partial charge < -0.3 is 0 Å². The minimum absolute atomic E-state index is 0.214. The number of carbonyl (C=O) groups is 1. The summed E-state index contributed by atoms with van der Waals surface area (Å²) in [5, 5.41) is 5.27. The van der Waals surface area contributed by atoms with E-state index in [4.69, 9.17) is 0 Å². The molecule has 0 spiro atoms. The fraction of sp³-hybridized carbons (Fsp3) is 0.579. The first kappa shape index (κ1) is 19.8. The van der Waals surface area contributed by atoms with Crippen LogP contribution in [0.2, 0.25) is 0 Å². The molecular weight excluding hydrogens is 369 g/mol. The number of hydrogen-bond acceptors (Lipinski definition) is 4. The number of nitrogens with zero attached hydrogens (tertiary/aromatic N) is 2. The van der Waals surface area contributed by atoms with Crippen LogP contribution in [0.25, 0.3) is 10.9 Å². The molecule has 1 aromatic heterocycles. The number of amides is 1. The van der Waals surface area contributed by atoms with E-state index in [1.165, 1.54) is 12.1 Å². The first-order chi connectivity index (χ1) is 12.6. The molecule has 1 aliphatic rings. The summed E-state index contributed by atoms with van der Waals surface area (Å²) < 4.78 is 40.8. The van der Waals surface area contributed by atoms with E-state index in [1.807, 2.05) is 16.3 Å². The van der Waals surface area contributed by atoms with Crippen LogP contribution in [0.4, 0.5) is 4.39 Å². The summed E-state index contributed by atoms with van der Waals surface area (Å²) in [5.41, 5.74) is 1.05. The van der Waals surface area contributed by atoms with Crippen molar-refractivity contribution in [2.24, 2.45) is 11.8 Å². The van der Waals surface area contributed by atoms with Gasteiger partial charge in [0.1, 0.15) is 5.82 Å². The van der Waals surface area contributed by atoms with Gasteiger partial charge in [-0.25, -0.2) is 17.5 Å². The van der Waals surface area contributed by atoms with Gasteiger partial charge in [-0.15, -0.1) is 0 Å². The summed E-state index contributed by atoms with van der Waals surface area (Å²) in [6, 6.07) is 2.90. The number of aromatic nitrogens is 2. The normalized spacial score (nSPS) is 21.0. The number of benzene rings is 1. The zero-order chi connectivity index (χ0) is 19.9. The Morgan fingerprint density at radius 3 is 2.44 bits per heavy atom. The zero-order valence-corrected chi connectivity index (χ0v) is 16.9. The number of nitrogens with one attached hydrogen (secondary N) is 1. The molecule has 8 heteroatoms. The van der Waals surface area contributed by atoms with Crippen LogP contribution in [0, 0.1) is 24.6 Å². The number of rotatable bonds is 4. The number of aryl methyl sites for hydroxylation is 1. The van der Waals surface area contributed by atoms with Crippen LogP contribution < -0.4 is 4.72 Å². The lowest BCUT2D eigenvalue weighted by Crippen LogP contribution is -2.30. The first-order valence-corrected chi connectivity index (χ1v) is 11.2. The van der Waals surface area contributed by atoms with E-state index in [0.717, 1.165) is 31.9 Å². The molecule has 0 saturated heterocycles. The van der Waals surface area contributed by atoms with E-state index in [9.17, 15) is 17.6 Å². The van der Waals surface area contributed by atoms with Crippen LogP contribution in [0.1, 0.15) is 61.6 Å². The second-order valence-corrected chi connectivity index (χ2v) is 9.64. The third kappa shape index (κ3) is 4.15. The van der Waals surface area contributed by atoms with Crippen molar-refractivity contribution in [3.05, 3.63) is 29.2 Å². The SMILES string of the molecule is Cc1nn(C2CCC(C(C)C)CC2)c2cc(F)c(C(=O)NS(C)(=O)=O)cc12. The van der Waals surface area contributed by atoms with Crippen LogP contribution in [-0.2, 0) is 10.0 Å². The van der Waals surface area contributed by atoms with E-state index in [0.29, 0.717) is 28.4 Å². The molecule has 1 fully saturated rings. The highest BCUT2D eigenvalue weighted by atomic mass is 32.2. The van der Waals surface area contributed by atoms with Gasteiger partial charge in [-0.3, -0.25) is 9.48 Å². The number of halogens is 1. The number of carbonyl (C=O) groups excluding carboxylic acids is 1. The van der Waals surface area contributed by atoms with Crippen molar-refractivity contribution in [2.75, 3.05) is 6.26 Å². The molecule has 6 nitrogen and oxygen atoms in total. The molecule has 1 aliphatic carbocycles. The molecule has 0 unspecified atom stereocenters. The van der Waals surface area contributed by atoms with Crippen LogP contribution in [-0.4, -0.2) is 30.4 Å². The van der Waals surface area contributed by atoms with Crippen LogP contribution >= 0.6 is 0 Å². The lowest BCUT2D eigenvalue weighted by atomic mass is 9.80. The monoisotopic (exact) mass is 395 g/mol. The predicted molar refractivity (Wildman–Crippen MR) is 103 cm³/mol. The molecule has 0 radical (unpaired) electrons. The summed E-state index contributed by atoms with van der Waals surface area (Å²) >= 11 is 0. The van der Waals surface area contributed by atoms with Crippen molar-refractivity contribution in [3.8, 4) is 0 Å². The van der Waals surface area contributed by atoms with Gasteiger partial charge in [0, 0.05) is 11.5 Å². The van der Waals surface area contributed by atoms with E-state index >= 15 is 0 Å². The van der Waals surface area contributed by atoms with E-state index in [2.05, 4.69) is 18.9 Å². The Morgan fingerprint density at radius 2 is 1.89 bits per heavy atom. The molecule has 2 aromatic rings. The highest BCUT2D eigenvalue weighted by Gasteiger charge is 2.27. The van der Waals surface area contributed by atoms with E-state index < -0.39 is 21.7 Å². The average molecular weight is 396 g/mol.